The van der Waals surface area contributed by atoms with Gasteiger partial charge in [-0.3, -0.25) is 24.6 Å². The summed E-state index contributed by atoms with van der Waals surface area (Å²) in [5, 5.41) is 10.5. The molecule has 0 spiro atoms. The number of imide groups is 1. The first-order valence-corrected chi connectivity index (χ1v) is 5.77. The second kappa shape index (κ2) is 5.01. The Morgan fingerprint density at radius 2 is 1.68 bits per heavy atom. The quantitative estimate of drug-likeness (QED) is 0.468. The number of benzene rings is 1. The minimum Gasteiger partial charge on any atom is -0.275 e. The van der Waals surface area contributed by atoms with E-state index in [-0.39, 0.29) is 30.0 Å². The molecule has 1 aromatic carbocycles. The summed E-state index contributed by atoms with van der Waals surface area (Å²) in [4.78, 5) is 34.1. The van der Waals surface area contributed by atoms with Crippen molar-refractivity contribution in [3.8, 4) is 0 Å². The van der Waals surface area contributed by atoms with Crippen molar-refractivity contribution in [1.29, 1.82) is 0 Å². The number of carbonyl (C=O) groups excluding carboxylic acids is 2. The standard InChI is InChI=1S/C13H12N2O4/c1-9(8-14-12(16)6-7-13(14)17)10-2-4-11(5-3-10)15(18)19/h2-7,9H,8H2,1H3. The van der Waals surface area contributed by atoms with Crippen LogP contribution in [0, 0.1) is 10.1 Å². The van der Waals surface area contributed by atoms with E-state index in [0.717, 1.165) is 10.5 Å². The molecule has 1 aliphatic heterocycles. The molecule has 0 saturated carbocycles. The number of amides is 2. The summed E-state index contributed by atoms with van der Waals surface area (Å²) in [6.45, 7) is 2.13. The highest BCUT2D eigenvalue weighted by molar-refractivity contribution is 6.12. The Hall–Kier alpha value is -2.50. The van der Waals surface area contributed by atoms with Gasteiger partial charge in [0.25, 0.3) is 17.5 Å². The lowest BCUT2D eigenvalue weighted by Gasteiger charge is -2.19. The summed E-state index contributed by atoms with van der Waals surface area (Å²) < 4.78 is 0. The first-order chi connectivity index (χ1) is 8.99. The molecule has 0 saturated heterocycles. The molecule has 1 heterocycles. The van der Waals surface area contributed by atoms with Crippen molar-refractivity contribution in [3.05, 3.63) is 52.1 Å². The minimum absolute atomic E-state index is 0.0194. The molecule has 0 N–H and O–H groups in total. The number of nitro groups is 1. The fourth-order valence-corrected chi connectivity index (χ4v) is 1.91. The molecule has 0 bridgehead atoms. The Bertz CT molecular complexity index is 545. The van der Waals surface area contributed by atoms with E-state index >= 15 is 0 Å². The van der Waals surface area contributed by atoms with E-state index in [1.165, 1.54) is 24.3 Å². The summed E-state index contributed by atoms with van der Waals surface area (Å²) in [7, 11) is 0. The SMILES string of the molecule is CC(CN1C(=O)C=CC1=O)c1ccc([N+](=O)[O-])cc1. The van der Waals surface area contributed by atoms with Gasteiger partial charge in [-0.2, -0.15) is 0 Å². The van der Waals surface area contributed by atoms with Gasteiger partial charge in [0, 0.05) is 30.8 Å². The van der Waals surface area contributed by atoms with Crippen LogP contribution in [0.25, 0.3) is 0 Å². The summed E-state index contributed by atoms with van der Waals surface area (Å²) in [6.07, 6.45) is 2.48. The highest BCUT2D eigenvalue weighted by atomic mass is 16.6. The molecule has 1 unspecified atom stereocenters. The number of rotatable bonds is 4. The number of nitro benzene ring substituents is 1. The maximum atomic E-state index is 11.4. The van der Waals surface area contributed by atoms with Gasteiger partial charge in [0.1, 0.15) is 0 Å². The summed E-state index contributed by atoms with van der Waals surface area (Å²) >= 11 is 0. The Balaban J connectivity index is 2.08. The Labute approximate surface area is 109 Å². The number of hydrogen-bond donors (Lipinski definition) is 0. The second-order valence-electron chi connectivity index (χ2n) is 4.37. The van der Waals surface area contributed by atoms with Crippen LogP contribution in [0.5, 0.6) is 0 Å². The minimum atomic E-state index is -0.466. The number of carbonyl (C=O) groups is 2. The van der Waals surface area contributed by atoms with Crippen molar-refractivity contribution in [1.82, 2.24) is 4.90 Å². The lowest BCUT2D eigenvalue weighted by atomic mass is 10.0. The van der Waals surface area contributed by atoms with Gasteiger partial charge in [0.15, 0.2) is 0 Å². The monoisotopic (exact) mass is 260 g/mol. The van der Waals surface area contributed by atoms with Crippen LogP contribution in [-0.2, 0) is 9.59 Å². The number of nitrogens with zero attached hydrogens (tertiary/aromatic N) is 2. The van der Waals surface area contributed by atoms with E-state index in [4.69, 9.17) is 0 Å². The molecule has 1 atom stereocenters. The van der Waals surface area contributed by atoms with Crippen LogP contribution in [-0.4, -0.2) is 28.2 Å². The van der Waals surface area contributed by atoms with Crippen molar-refractivity contribution in [3.63, 3.8) is 0 Å². The van der Waals surface area contributed by atoms with Gasteiger partial charge in [-0.15, -0.1) is 0 Å². The molecule has 2 amide bonds. The Morgan fingerprint density at radius 1 is 1.16 bits per heavy atom. The van der Waals surface area contributed by atoms with Crippen molar-refractivity contribution < 1.29 is 14.5 Å². The highest BCUT2D eigenvalue weighted by Gasteiger charge is 2.25. The van der Waals surface area contributed by atoms with Crippen molar-refractivity contribution in [2.24, 2.45) is 0 Å². The van der Waals surface area contributed by atoms with E-state index in [0.29, 0.717) is 0 Å². The molecule has 1 aromatic rings. The van der Waals surface area contributed by atoms with E-state index in [1.807, 2.05) is 6.92 Å². The first kappa shape index (κ1) is 12.9. The van der Waals surface area contributed by atoms with Gasteiger partial charge in [0.2, 0.25) is 0 Å². The lowest BCUT2D eigenvalue weighted by Crippen LogP contribution is -2.33. The fourth-order valence-electron chi connectivity index (χ4n) is 1.91. The molecular formula is C13H12N2O4. The zero-order valence-electron chi connectivity index (χ0n) is 10.3. The van der Waals surface area contributed by atoms with Crippen molar-refractivity contribution in [2.45, 2.75) is 12.8 Å². The third-order valence-electron chi connectivity index (χ3n) is 3.03. The van der Waals surface area contributed by atoms with Gasteiger partial charge in [-0.1, -0.05) is 19.1 Å². The average Bonchev–Trinajstić information content (AvgIpc) is 2.70. The summed E-state index contributed by atoms with van der Waals surface area (Å²) in [6, 6.07) is 6.11. The van der Waals surface area contributed by atoms with Crippen LogP contribution >= 0.6 is 0 Å². The maximum absolute atomic E-state index is 11.4. The molecule has 0 aromatic heterocycles. The van der Waals surface area contributed by atoms with Crippen LogP contribution in [0.4, 0.5) is 5.69 Å². The van der Waals surface area contributed by atoms with Gasteiger partial charge in [-0.05, 0) is 11.5 Å². The third-order valence-corrected chi connectivity index (χ3v) is 3.03. The molecular weight excluding hydrogens is 248 g/mol. The van der Waals surface area contributed by atoms with E-state index in [9.17, 15) is 19.7 Å². The van der Waals surface area contributed by atoms with Crippen LogP contribution in [0.15, 0.2) is 36.4 Å². The smallest absolute Gasteiger partial charge is 0.269 e. The van der Waals surface area contributed by atoms with Crippen molar-refractivity contribution in [2.75, 3.05) is 6.54 Å². The van der Waals surface area contributed by atoms with Crippen molar-refractivity contribution >= 4 is 17.5 Å². The Morgan fingerprint density at radius 3 is 2.16 bits per heavy atom. The predicted molar refractivity (Wildman–Crippen MR) is 67.4 cm³/mol. The van der Waals surface area contributed by atoms with E-state index in [2.05, 4.69) is 0 Å². The molecule has 6 heteroatoms. The van der Waals surface area contributed by atoms with Crippen LogP contribution in [0.2, 0.25) is 0 Å². The summed E-state index contributed by atoms with van der Waals surface area (Å²) in [5.41, 5.74) is 0.865. The number of hydrogen-bond acceptors (Lipinski definition) is 4. The first-order valence-electron chi connectivity index (χ1n) is 5.77. The number of non-ortho nitro benzene ring substituents is 1. The average molecular weight is 260 g/mol. The zero-order valence-corrected chi connectivity index (χ0v) is 10.3. The predicted octanol–water partition coefficient (Wildman–Crippen LogP) is 1.62. The van der Waals surface area contributed by atoms with Gasteiger partial charge in [-0.25, -0.2) is 0 Å². The van der Waals surface area contributed by atoms with E-state index < -0.39 is 4.92 Å². The van der Waals surface area contributed by atoms with Gasteiger partial charge >= 0.3 is 0 Å². The molecule has 98 valence electrons. The molecule has 1 aliphatic rings. The van der Waals surface area contributed by atoms with Gasteiger partial charge < -0.3 is 0 Å². The second-order valence-corrected chi connectivity index (χ2v) is 4.37. The largest absolute Gasteiger partial charge is 0.275 e. The molecule has 0 radical (unpaired) electrons. The lowest BCUT2D eigenvalue weighted by molar-refractivity contribution is -0.384. The summed E-state index contributed by atoms with van der Waals surface area (Å²) in [5.74, 6) is -0.717. The molecule has 19 heavy (non-hydrogen) atoms. The molecule has 0 fully saturated rings. The molecule has 0 aliphatic carbocycles. The zero-order chi connectivity index (χ0) is 14.0. The topological polar surface area (TPSA) is 80.5 Å². The van der Waals surface area contributed by atoms with Gasteiger partial charge in [0.05, 0.1) is 4.92 Å². The highest BCUT2D eigenvalue weighted by Crippen LogP contribution is 2.21. The molecule has 6 nitrogen and oxygen atoms in total. The maximum Gasteiger partial charge on any atom is 0.269 e. The Kier molecular flexibility index (Phi) is 3.41. The molecule has 2 rings (SSSR count). The third kappa shape index (κ3) is 2.67. The fraction of sp³-hybridized carbons (Fsp3) is 0.231. The van der Waals surface area contributed by atoms with E-state index in [1.54, 1.807) is 12.1 Å². The van der Waals surface area contributed by atoms with Crippen LogP contribution in [0.1, 0.15) is 18.4 Å². The normalized spacial score (nSPS) is 15.9. The van der Waals surface area contributed by atoms with Crippen LogP contribution in [0.3, 0.4) is 0 Å². The van der Waals surface area contributed by atoms with Crippen LogP contribution < -0.4 is 0 Å².